The zero-order valence-corrected chi connectivity index (χ0v) is 9.62. The van der Waals surface area contributed by atoms with E-state index in [-0.39, 0.29) is 0 Å². The van der Waals surface area contributed by atoms with Gasteiger partial charge in [0.25, 0.3) is 0 Å². The Bertz CT molecular complexity index is 407. The Morgan fingerprint density at radius 1 is 1.69 bits per heavy atom. The fourth-order valence-corrected chi connectivity index (χ4v) is 2.29. The second kappa shape index (κ2) is 4.71. The Morgan fingerprint density at radius 3 is 3.00 bits per heavy atom. The molecule has 1 aliphatic heterocycles. The van der Waals surface area contributed by atoms with Crippen LogP contribution in [-0.4, -0.2) is 36.5 Å². The van der Waals surface area contributed by atoms with Gasteiger partial charge in [-0.2, -0.15) is 0 Å². The number of nitrogens with zero attached hydrogens (tertiary/aromatic N) is 1. The van der Waals surface area contributed by atoms with Crippen LogP contribution in [0, 0.1) is 0 Å². The highest BCUT2D eigenvalue weighted by Gasteiger charge is 2.23. The Balaban J connectivity index is 2.23. The van der Waals surface area contributed by atoms with Crippen molar-refractivity contribution in [1.29, 1.82) is 0 Å². The van der Waals surface area contributed by atoms with Gasteiger partial charge in [-0.3, -0.25) is 0 Å². The topological polar surface area (TPSA) is 74.4 Å². The summed E-state index contributed by atoms with van der Waals surface area (Å²) in [7, 11) is 1.34. The highest BCUT2D eigenvalue weighted by Crippen LogP contribution is 2.30. The SMILES string of the molecule is COC(=O)c1cc(N)cnc1SC1COC1. The first-order valence-electron chi connectivity index (χ1n) is 4.79. The van der Waals surface area contributed by atoms with Crippen LogP contribution in [0.1, 0.15) is 10.4 Å². The van der Waals surface area contributed by atoms with E-state index in [1.807, 2.05) is 0 Å². The van der Waals surface area contributed by atoms with Crippen molar-refractivity contribution >= 4 is 23.4 Å². The van der Waals surface area contributed by atoms with E-state index in [1.165, 1.54) is 25.1 Å². The van der Waals surface area contributed by atoms with Gasteiger partial charge in [0.1, 0.15) is 5.03 Å². The second-order valence-electron chi connectivity index (χ2n) is 3.39. The number of nitrogens with two attached hydrogens (primary N) is 1. The predicted molar refractivity (Wildman–Crippen MR) is 60.5 cm³/mol. The van der Waals surface area contributed by atoms with Crippen LogP contribution in [0.2, 0.25) is 0 Å². The molecule has 2 rings (SSSR count). The molecule has 0 aromatic carbocycles. The number of carbonyl (C=O) groups is 1. The first kappa shape index (κ1) is 11.2. The molecule has 0 radical (unpaired) electrons. The van der Waals surface area contributed by atoms with Gasteiger partial charge in [-0.15, -0.1) is 0 Å². The normalized spacial score (nSPS) is 15.6. The number of methoxy groups -OCH3 is 1. The summed E-state index contributed by atoms with van der Waals surface area (Å²) in [4.78, 5) is 15.7. The number of carbonyl (C=O) groups excluding carboxylic acids is 1. The summed E-state index contributed by atoms with van der Waals surface area (Å²) >= 11 is 1.52. The molecule has 0 bridgehead atoms. The van der Waals surface area contributed by atoms with Crippen molar-refractivity contribution in [3.05, 3.63) is 17.8 Å². The van der Waals surface area contributed by atoms with Crippen LogP contribution >= 0.6 is 11.8 Å². The first-order valence-corrected chi connectivity index (χ1v) is 5.67. The number of rotatable bonds is 3. The number of thioether (sulfide) groups is 1. The van der Waals surface area contributed by atoms with Crippen LogP contribution in [0.15, 0.2) is 17.3 Å². The maximum absolute atomic E-state index is 11.5. The monoisotopic (exact) mass is 240 g/mol. The number of anilines is 1. The number of esters is 1. The van der Waals surface area contributed by atoms with Crippen molar-refractivity contribution in [2.24, 2.45) is 0 Å². The van der Waals surface area contributed by atoms with Crippen LogP contribution in [0.25, 0.3) is 0 Å². The molecule has 0 saturated carbocycles. The van der Waals surface area contributed by atoms with E-state index < -0.39 is 5.97 Å². The average molecular weight is 240 g/mol. The number of hydrogen-bond acceptors (Lipinski definition) is 6. The van der Waals surface area contributed by atoms with Crippen molar-refractivity contribution < 1.29 is 14.3 Å². The molecule has 0 aliphatic carbocycles. The molecule has 0 atom stereocenters. The molecule has 6 heteroatoms. The largest absolute Gasteiger partial charge is 0.465 e. The van der Waals surface area contributed by atoms with E-state index in [9.17, 15) is 4.79 Å². The molecule has 5 nitrogen and oxygen atoms in total. The Morgan fingerprint density at radius 2 is 2.44 bits per heavy atom. The maximum atomic E-state index is 11.5. The minimum absolute atomic E-state index is 0.361. The smallest absolute Gasteiger partial charge is 0.340 e. The summed E-state index contributed by atoms with van der Waals surface area (Å²) in [5.74, 6) is -0.414. The lowest BCUT2D eigenvalue weighted by Gasteiger charge is -2.25. The zero-order chi connectivity index (χ0) is 11.5. The number of aromatic nitrogens is 1. The lowest BCUT2D eigenvalue weighted by atomic mass is 10.3. The van der Waals surface area contributed by atoms with Crippen LogP contribution in [-0.2, 0) is 9.47 Å². The minimum Gasteiger partial charge on any atom is -0.465 e. The summed E-state index contributed by atoms with van der Waals surface area (Å²) in [5, 5.41) is 1.01. The quantitative estimate of drug-likeness (QED) is 0.793. The molecule has 2 N–H and O–H groups in total. The molecule has 1 saturated heterocycles. The second-order valence-corrected chi connectivity index (χ2v) is 4.68. The van der Waals surface area contributed by atoms with Gasteiger partial charge in [0.2, 0.25) is 0 Å². The molecular formula is C10H12N2O3S. The van der Waals surface area contributed by atoms with Gasteiger partial charge >= 0.3 is 5.97 Å². The van der Waals surface area contributed by atoms with E-state index >= 15 is 0 Å². The zero-order valence-electron chi connectivity index (χ0n) is 8.80. The van der Waals surface area contributed by atoms with Crippen LogP contribution < -0.4 is 5.73 Å². The fraction of sp³-hybridized carbons (Fsp3) is 0.400. The van der Waals surface area contributed by atoms with E-state index in [1.54, 1.807) is 6.07 Å². The van der Waals surface area contributed by atoms with Gasteiger partial charge in [0, 0.05) is 0 Å². The van der Waals surface area contributed by atoms with Crippen molar-refractivity contribution in [2.45, 2.75) is 10.3 Å². The lowest BCUT2D eigenvalue weighted by molar-refractivity contribution is 0.0453. The summed E-state index contributed by atoms with van der Waals surface area (Å²) in [6, 6.07) is 1.58. The van der Waals surface area contributed by atoms with Crippen LogP contribution in [0.4, 0.5) is 5.69 Å². The fourth-order valence-electron chi connectivity index (χ4n) is 1.26. The highest BCUT2D eigenvalue weighted by molar-refractivity contribution is 8.00. The molecule has 1 aromatic heterocycles. The number of ether oxygens (including phenoxy) is 2. The maximum Gasteiger partial charge on any atom is 0.340 e. The Kier molecular flexibility index (Phi) is 3.31. The van der Waals surface area contributed by atoms with Crippen molar-refractivity contribution in [1.82, 2.24) is 4.98 Å². The lowest BCUT2D eigenvalue weighted by Crippen LogP contribution is -2.30. The molecule has 1 fully saturated rings. The predicted octanol–water partition coefficient (Wildman–Crippen LogP) is 0.941. The number of nitrogen functional groups attached to an aromatic ring is 1. The molecule has 2 heterocycles. The molecular weight excluding hydrogens is 228 g/mol. The van der Waals surface area contributed by atoms with Gasteiger partial charge in [-0.1, -0.05) is 11.8 Å². The Labute approximate surface area is 97.3 Å². The van der Waals surface area contributed by atoms with Crippen LogP contribution in [0.3, 0.4) is 0 Å². The van der Waals surface area contributed by atoms with Crippen molar-refractivity contribution in [2.75, 3.05) is 26.1 Å². The third-order valence-corrected chi connectivity index (χ3v) is 3.32. The average Bonchev–Trinajstić information content (AvgIpc) is 2.23. The minimum atomic E-state index is -0.414. The number of hydrogen-bond donors (Lipinski definition) is 1. The standard InChI is InChI=1S/C10H12N2O3S/c1-14-10(13)8-2-6(11)3-12-9(8)16-7-4-15-5-7/h2-3,7H,4-5,11H2,1H3. The Hall–Kier alpha value is -1.27. The van der Waals surface area contributed by atoms with E-state index in [4.69, 9.17) is 10.5 Å². The molecule has 0 unspecified atom stereocenters. The third-order valence-electron chi connectivity index (χ3n) is 2.16. The van der Waals surface area contributed by atoms with E-state index in [2.05, 4.69) is 9.72 Å². The number of pyridine rings is 1. The van der Waals surface area contributed by atoms with Crippen molar-refractivity contribution in [3.8, 4) is 0 Å². The first-order chi connectivity index (χ1) is 7.70. The summed E-state index contributed by atoms with van der Waals surface area (Å²) in [5.41, 5.74) is 6.46. The van der Waals surface area contributed by atoms with Gasteiger partial charge < -0.3 is 15.2 Å². The summed E-state index contributed by atoms with van der Waals surface area (Å²) in [6.07, 6.45) is 1.54. The van der Waals surface area contributed by atoms with E-state index in [0.29, 0.717) is 34.7 Å². The highest BCUT2D eigenvalue weighted by atomic mass is 32.2. The van der Waals surface area contributed by atoms with Gasteiger partial charge in [0.05, 0.1) is 43.0 Å². The summed E-state index contributed by atoms with van der Waals surface area (Å²) < 4.78 is 9.75. The van der Waals surface area contributed by atoms with Crippen molar-refractivity contribution in [3.63, 3.8) is 0 Å². The van der Waals surface area contributed by atoms with E-state index in [0.717, 1.165) is 0 Å². The van der Waals surface area contributed by atoms with Gasteiger partial charge in [0.15, 0.2) is 0 Å². The molecule has 1 aromatic rings. The third kappa shape index (κ3) is 2.28. The molecule has 0 amide bonds. The summed E-state index contributed by atoms with van der Waals surface area (Å²) in [6.45, 7) is 1.38. The van der Waals surface area contributed by atoms with Gasteiger partial charge in [-0.25, -0.2) is 9.78 Å². The molecule has 16 heavy (non-hydrogen) atoms. The molecule has 86 valence electrons. The molecule has 0 spiro atoms. The van der Waals surface area contributed by atoms with Crippen LogP contribution in [0.5, 0.6) is 0 Å². The van der Waals surface area contributed by atoms with Gasteiger partial charge in [-0.05, 0) is 6.07 Å². The molecule has 1 aliphatic rings.